The van der Waals surface area contributed by atoms with Gasteiger partial charge in [-0.1, -0.05) is 19.9 Å². The highest BCUT2D eigenvalue weighted by molar-refractivity contribution is 14.0. The number of fused-ring (bicyclic) bond motifs is 3. The lowest BCUT2D eigenvalue weighted by Gasteiger charge is -2.28. The predicted molar refractivity (Wildman–Crippen MR) is 112 cm³/mol. The summed E-state index contributed by atoms with van der Waals surface area (Å²) in [6, 6.07) is 6.54. The Morgan fingerprint density at radius 3 is 2.73 bits per heavy atom. The molecule has 3 unspecified atom stereocenters. The van der Waals surface area contributed by atoms with E-state index in [-0.39, 0.29) is 29.4 Å². The largest absolute Gasteiger partial charge is 0.454 e. The number of rotatable bonds is 4. The van der Waals surface area contributed by atoms with Gasteiger partial charge in [0.05, 0.1) is 18.2 Å². The molecule has 0 spiro atoms. The van der Waals surface area contributed by atoms with Gasteiger partial charge in [-0.05, 0) is 37.0 Å². The molecule has 3 atom stereocenters. The number of guanidine groups is 1. The number of nitrogens with zero attached hydrogens (tertiary/aromatic N) is 1. The summed E-state index contributed by atoms with van der Waals surface area (Å²) >= 11 is 0. The van der Waals surface area contributed by atoms with E-state index in [2.05, 4.69) is 41.6 Å². The molecule has 1 aromatic carbocycles. The van der Waals surface area contributed by atoms with Crippen molar-refractivity contribution < 1.29 is 14.2 Å². The Hall–Kier alpha value is -1.22. The van der Waals surface area contributed by atoms with Crippen LogP contribution in [0.5, 0.6) is 11.5 Å². The lowest BCUT2D eigenvalue weighted by Crippen LogP contribution is -2.49. The zero-order valence-corrected chi connectivity index (χ0v) is 17.9. The first-order valence-corrected chi connectivity index (χ1v) is 9.08. The Kier molecular flexibility index (Phi) is 5.86. The van der Waals surface area contributed by atoms with Gasteiger partial charge in [-0.15, -0.1) is 24.0 Å². The van der Waals surface area contributed by atoms with Crippen LogP contribution in [-0.2, 0) is 10.2 Å². The zero-order chi connectivity index (χ0) is 17.4. The highest BCUT2D eigenvalue weighted by atomic mass is 127. The van der Waals surface area contributed by atoms with Crippen molar-refractivity contribution in [2.75, 3.05) is 20.4 Å². The second kappa shape index (κ2) is 7.80. The highest BCUT2D eigenvalue weighted by Gasteiger charge is 2.41. The smallest absolute Gasteiger partial charge is 0.231 e. The molecule has 26 heavy (non-hydrogen) atoms. The van der Waals surface area contributed by atoms with E-state index in [1.807, 2.05) is 13.1 Å². The minimum absolute atomic E-state index is 0. The van der Waals surface area contributed by atoms with Crippen LogP contribution < -0.4 is 20.1 Å². The van der Waals surface area contributed by atoms with Gasteiger partial charge in [0.1, 0.15) is 0 Å². The number of aliphatic imine (C=N–C) groups is 1. The van der Waals surface area contributed by atoms with Crippen LogP contribution in [0.2, 0.25) is 0 Å². The van der Waals surface area contributed by atoms with Gasteiger partial charge in [0, 0.05) is 19.0 Å². The number of hydrogen-bond acceptors (Lipinski definition) is 4. The number of benzene rings is 1. The van der Waals surface area contributed by atoms with E-state index < -0.39 is 0 Å². The molecule has 0 amide bonds. The molecular weight excluding hydrogens is 445 g/mol. The van der Waals surface area contributed by atoms with Gasteiger partial charge >= 0.3 is 0 Å². The fraction of sp³-hybridized carbons (Fsp3) is 0.632. The molecule has 144 valence electrons. The maximum absolute atomic E-state index is 5.92. The molecule has 1 aromatic rings. The van der Waals surface area contributed by atoms with E-state index in [4.69, 9.17) is 14.2 Å². The summed E-state index contributed by atoms with van der Waals surface area (Å²) in [6.07, 6.45) is 4.21. The minimum atomic E-state index is -0.0657. The van der Waals surface area contributed by atoms with Crippen LogP contribution in [0.15, 0.2) is 23.2 Å². The molecule has 0 saturated carbocycles. The van der Waals surface area contributed by atoms with Gasteiger partial charge in [0.15, 0.2) is 17.5 Å². The van der Waals surface area contributed by atoms with Crippen molar-refractivity contribution in [1.29, 1.82) is 0 Å². The summed E-state index contributed by atoms with van der Waals surface area (Å²) in [5.41, 5.74) is 1.15. The molecule has 3 aliphatic rings. The topological polar surface area (TPSA) is 64.1 Å². The second-order valence-electron chi connectivity index (χ2n) is 7.74. The Morgan fingerprint density at radius 1 is 1.23 bits per heavy atom. The van der Waals surface area contributed by atoms with Gasteiger partial charge in [-0.25, -0.2) is 0 Å². The fourth-order valence-electron chi connectivity index (χ4n) is 3.88. The Morgan fingerprint density at radius 2 is 2.04 bits per heavy atom. The quantitative estimate of drug-likeness (QED) is 0.400. The van der Waals surface area contributed by atoms with Gasteiger partial charge in [0.25, 0.3) is 0 Å². The molecule has 0 aliphatic carbocycles. The zero-order valence-electron chi connectivity index (χ0n) is 15.6. The molecule has 7 heteroatoms. The third kappa shape index (κ3) is 3.88. The standard InChI is InChI=1S/C19H27N3O3.HI/c1-19(2,12-4-6-16-17(8-12)24-11-23-16)10-21-18(20-3)22-14-9-13-5-7-15(14)25-13;/h4,6,8,13-15H,5,7,9-11H2,1-3H3,(H2,20,21,22);1H. The SMILES string of the molecule is CN=C(NCC(C)(C)c1ccc2c(c1)OCO2)NC1CC2CCC1O2.I. The molecule has 2 bridgehead atoms. The maximum atomic E-state index is 5.92. The average molecular weight is 473 g/mol. The number of hydrogen-bond donors (Lipinski definition) is 2. The first-order chi connectivity index (χ1) is 12.0. The Bertz CT molecular complexity index is 680. The number of nitrogens with one attached hydrogen (secondary N) is 2. The molecule has 3 aliphatic heterocycles. The van der Waals surface area contributed by atoms with Gasteiger partial charge in [0.2, 0.25) is 6.79 Å². The van der Waals surface area contributed by atoms with Crippen molar-refractivity contribution in [2.45, 2.75) is 56.8 Å². The first-order valence-electron chi connectivity index (χ1n) is 9.08. The average Bonchev–Trinajstić information content (AvgIpc) is 3.33. The minimum Gasteiger partial charge on any atom is -0.454 e. The van der Waals surface area contributed by atoms with Crippen LogP contribution in [0, 0.1) is 0 Å². The van der Waals surface area contributed by atoms with Crippen LogP contribution in [0.25, 0.3) is 0 Å². The van der Waals surface area contributed by atoms with Gasteiger partial charge in [-0.3, -0.25) is 4.99 Å². The summed E-state index contributed by atoms with van der Waals surface area (Å²) in [6.45, 7) is 5.50. The van der Waals surface area contributed by atoms with Crippen molar-refractivity contribution in [3.8, 4) is 11.5 Å². The van der Waals surface area contributed by atoms with Gasteiger partial charge in [-0.2, -0.15) is 0 Å². The summed E-state index contributed by atoms with van der Waals surface area (Å²) in [7, 11) is 1.82. The van der Waals surface area contributed by atoms with E-state index in [1.54, 1.807) is 0 Å². The van der Waals surface area contributed by atoms with Crippen LogP contribution >= 0.6 is 24.0 Å². The summed E-state index contributed by atoms with van der Waals surface area (Å²) < 4.78 is 16.8. The maximum Gasteiger partial charge on any atom is 0.231 e. The van der Waals surface area contributed by atoms with E-state index in [9.17, 15) is 0 Å². The van der Waals surface area contributed by atoms with Gasteiger partial charge < -0.3 is 24.8 Å². The number of ether oxygens (including phenoxy) is 3. The van der Waals surface area contributed by atoms with Crippen molar-refractivity contribution in [3.05, 3.63) is 23.8 Å². The second-order valence-corrected chi connectivity index (χ2v) is 7.74. The molecule has 0 radical (unpaired) electrons. The molecule has 2 saturated heterocycles. The lowest BCUT2D eigenvalue weighted by molar-refractivity contribution is 0.0992. The molecule has 3 heterocycles. The summed E-state index contributed by atoms with van der Waals surface area (Å²) in [5, 5.41) is 7.01. The molecule has 6 nitrogen and oxygen atoms in total. The van der Waals surface area contributed by atoms with Crippen LogP contribution in [-0.4, -0.2) is 44.6 Å². The molecular formula is C19H28IN3O3. The van der Waals surface area contributed by atoms with E-state index in [1.165, 1.54) is 12.0 Å². The molecule has 0 aromatic heterocycles. The van der Waals surface area contributed by atoms with Crippen molar-refractivity contribution in [1.82, 2.24) is 10.6 Å². The van der Waals surface area contributed by atoms with Crippen LogP contribution in [0.4, 0.5) is 0 Å². The fourth-order valence-corrected chi connectivity index (χ4v) is 3.88. The van der Waals surface area contributed by atoms with E-state index >= 15 is 0 Å². The molecule has 4 rings (SSSR count). The van der Waals surface area contributed by atoms with E-state index in [0.29, 0.717) is 25.0 Å². The van der Waals surface area contributed by atoms with Crippen molar-refractivity contribution in [3.63, 3.8) is 0 Å². The normalized spacial score (nSPS) is 26.6. The third-order valence-electron chi connectivity index (χ3n) is 5.50. The molecule has 2 fully saturated rings. The van der Waals surface area contributed by atoms with Crippen LogP contribution in [0.3, 0.4) is 0 Å². The monoisotopic (exact) mass is 473 g/mol. The highest BCUT2D eigenvalue weighted by Crippen LogP contribution is 2.36. The number of halogens is 1. The summed E-state index contributed by atoms with van der Waals surface area (Å²) in [4.78, 5) is 4.38. The van der Waals surface area contributed by atoms with Crippen molar-refractivity contribution >= 4 is 29.9 Å². The first kappa shape index (κ1) is 19.5. The molecule has 2 N–H and O–H groups in total. The predicted octanol–water partition coefficient (Wildman–Crippen LogP) is 2.80. The Balaban J connectivity index is 0.00000196. The van der Waals surface area contributed by atoms with Crippen molar-refractivity contribution in [2.24, 2.45) is 4.99 Å². The third-order valence-corrected chi connectivity index (χ3v) is 5.50. The summed E-state index contributed by atoms with van der Waals surface area (Å²) in [5.74, 6) is 2.49. The Labute approximate surface area is 172 Å². The van der Waals surface area contributed by atoms with E-state index in [0.717, 1.165) is 36.8 Å². The van der Waals surface area contributed by atoms with Crippen LogP contribution in [0.1, 0.15) is 38.7 Å². The lowest BCUT2D eigenvalue weighted by atomic mass is 9.84.